The van der Waals surface area contributed by atoms with Crippen LogP contribution in [0.4, 0.5) is 26.0 Å². The molecule has 0 bridgehead atoms. The van der Waals surface area contributed by atoms with E-state index in [4.69, 9.17) is 14.9 Å². The zero-order valence-electron chi connectivity index (χ0n) is 22.7. The molecule has 1 aliphatic rings. The summed E-state index contributed by atoms with van der Waals surface area (Å²) >= 11 is 0. The summed E-state index contributed by atoms with van der Waals surface area (Å²) in [5.74, 6) is -2.61. The molecule has 0 aliphatic carbocycles. The van der Waals surface area contributed by atoms with Gasteiger partial charge in [0.2, 0.25) is 0 Å². The largest absolute Gasteiger partial charge is 0.461 e. The van der Waals surface area contributed by atoms with E-state index in [0.717, 1.165) is 49.4 Å². The molecule has 1 saturated heterocycles. The zero-order chi connectivity index (χ0) is 28.1. The summed E-state index contributed by atoms with van der Waals surface area (Å²) in [5, 5.41) is 11.9. The molecular formula is C30H34F2N4O3. The summed E-state index contributed by atoms with van der Waals surface area (Å²) in [6.07, 6.45) is 1.92. The molecule has 2 N–H and O–H groups in total. The van der Waals surface area contributed by atoms with Gasteiger partial charge in [-0.2, -0.15) is 0 Å². The van der Waals surface area contributed by atoms with Crippen molar-refractivity contribution >= 4 is 28.9 Å². The summed E-state index contributed by atoms with van der Waals surface area (Å²) in [6.45, 7) is 7.13. The van der Waals surface area contributed by atoms with Crippen molar-refractivity contribution in [1.82, 2.24) is 4.98 Å². The van der Waals surface area contributed by atoms with Gasteiger partial charge in [0.15, 0.2) is 17.3 Å². The maximum Gasteiger partial charge on any atom is 0.357 e. The lowest BCUT2D eigenvalue weighted by atomic mass is 9.91. The topological polar surface area (TPSA) is 87.5 Å². The molecule has 0 spiro atoms. The lowest BCUT2D eigenvalue weighted by Crippen LogP contribution is -2.36. The molecular weight excluding hydrogens is 502 g/mol. The molecule has 0 unspecified atom stereocenters. The highest BCUT2D eigenvalue weighted by atomic mass is 19.2. The first kappa shape index (κ1) is 28.2. The number of pyridine rings is 1. The first-order valence-corrected chi connectivity index (χ1v) is 13.1. The molecule has 0 amide bonds. The number of hydrogen-bond donors (Lipinski definition) is 2. The highest BCUT2D eigenvalue weighted by Gasteiger charge is 2.24. The first-order valence-electron chi connectivity index (χ1n) is 13.1. The number of esters is 1. The minimum atomic E-state index is -1.02. The number of halogens is 2. The van der Waals surface area contributed by atoms with Crippen molar-refractivity contribution in [3.63, 3.8) is 0 Å². The number of nitrogens with one attached hydrogen (secondary N) is 2. The number of carbonyl (C=O) groups is 1. The molecule has 1 fully saturated rings. The van der Waals surface area contributed by atoms with E-state index in [0.29, 0.717) is 17.2 Å². The first-order chi connectivity index (χ1) is 18.7. The van der Waals surface area contributed by atoms with Crippen molar-refractivity contribution in [2.75, 3.05) is 37.1 Å². The summed E-state index contributed by atoms with van der Waals surface area (Å²) in [7, 11) is 2.07. The Labute approximate surface area is 227 Å². The van der Waals surface area contributed by atoms with Crippen molar-refractivity contribution in [2.45, 2.75) is 39.7 Å². The van der Waals surface area contributed by atoms with Gasteiger partial charge in [-0.1, -0.05) is 26.0 Å². The fraction of sp³-hybridized carbons (Fsp3) is 0.367. The number of hydrogen-bond acceptors (Lipinski definition) is 7. The summed E-state index contributed by atoms with van der Waals surface area (Å²) in [4.78, 5) is 19.5. The van der Waals surface area contributed by atoms with Crippen LogP contribution in [0.2, 0.25) is 0 Å². The van der Waals surface area contributed by atoms with Crippen LogP contribution in [-0.4, -0.2) is 49.6 Å². The van der Waals surface area contributed by atoms with Gasteiger partial charge in [0.1, 0.15) is 5.82 Å². The van der Waals surface area contributed by atoms with E-state index in [1.54, 1.807) is 13.0 Å². The van der Waals surface area contributed by atoms with Crippen molar-refractivity contribution in [3.8, 4) is 11.1 Å². The third-order valence-electron chi connectivity index (χ3n) is 6.86. The number of benzene rings is 2. The highest BCUT2D eigenvalue weighted by molar-refractivity contribution is 6.10. The van der Waals surface area contributed by atoms with Gasteiger partial charge in [-0.3, -0.25) is 0 Å². The van der Waals surface area contributed by atoms with Gasteiger partial charge in [-0.05, 0) is 67.1 Å². The number of nitrogens with zero attached hydrogens (tertiary/aromatic N) is 2. The van der Waals surface area contributed by atoms with E-state index < -0.39 is 17.6 Å². The fourth-order valence-electron chi connectivity index (χ4n) is 4.60. The maximum absolute atomic E-state index is 14.0. The number of rotatable bonds is 9. The number of aromatic nitrogens is 1. The van der Waals surface area contributed by atoms with Crippen LogP contribution in [-0.2, 0) is 9.47 Å². The Kier molecular flexibility index (Phi) is 8.91. The maximum atomic E-state index is 14.0. The zero-order valence-corrected chi connectivity index (χ0v) is 22.7. The second-order valence-electron chi connectivity index (χ2n) is 9.82. The van der Waals surface area contributed by atoms with E-state index in [-0.39, 0.29) is 35.4 Å². The molecule has 2 heterocycles. The lowest BCUT2D eigenvalue weighted by Gasteiger charge is -2.33. The van der Waals surface area contributed by atoms with Crippen LogP contribution in [0, 0.1) is 23.0 Å². The quantitative estimate of drug-likeness (QED) is 0.237. The van der Waals surface area contributed by atoms with E-state index in [2.05, 4.69) is 22.2 Å². The third kappa shape index (κ3) is 6.42. The molecule has 2 aromatic carbocycles. The molecule has 3 aromatic rings. The average molecular weight is 537 g/mol. The van der Waals surface area contributed by atoms with Crippen molar-refractivity contribution in [3.05, 3.63) is 71.4 Å². The number of carbonyl (C=O) groups excluding carboxylic acids is 1. The molecule has 0 radical (unpaired) electrons. The van der Waals surface area contributed by atoms with Crippen molar-refractivity contribution < 1.29 is 23.0 Å². The van der Waals surface area contributed by atoms with Gasteiger partial charge in [-0.15, -0.1) is 0 Å². The van der Waals surface area contributed by atoms with E-state index in [1.807, 2.05) is 38.1 Å². The minimum Gasteiger partial charge on any atom is -0.461 e. The van der Waals surface area contributed by atoms with Crippen LogP contribution in [0.5, 0.6) is 0 Å². The fourth-order valence-corrected chi connectivity index (χ4v) is 4.60. The second-order valence-corrected chi connectivity index (χ2v) is 9.82. The Morgan fingerprint density at radius 3 is 2.44 bits per heavy atom. The predicted molar refractivity (Wildman–Crippen MR) is 149 cm³/mol. The van der Waals surface area contributed by atoms with Crippen LogP contribution in [0.25, 0.3) is 11.1 Å². The van der Waals surface area contributed by atoms with Crippen LogP contribution < -0.4 is 10.2 Å². The SMILES string of the molecule is CCOC(=O)c1cc(-c2ccc(N(C)C3CCOCC3)cc2)c(C(=N)C(C)C)c(Nc2ccc(F)c(F)c2)n1. The molecule has 1 aromatic heterocycles. The van der Waals surface area contributed by atoms with Gasteiger partial charge in [0.25, 0.3) is 0 Å². The molecule has 39 heavy (non-hydrogen) atoms. The smallest absolute Gasteiger partial charge is 0.357 e. The Balaban J connectivity index is 1.82. The Bertz CT molecular complexity index is 1340. The molecule has 0 atom stereocenters. The van der Waals surface area contributed by atoms with E-state index >= 15 is 0 Å². The Hall–Kier alpha value is -3.85. The van der Waals surface area contributed by atoms with Crippen LogP contribution in [0.15, 0.2) is 48.5 Å². The normalized spacial score (nSPS) is 13.8. The standard InChI is InChI=1S/C30H34F2N4O3/c1-5-39-30(37)26-17-23(19-6-9-21(10-7-19)36(4)22-12-14-38-15-13-22)27(28(33)18(2)3)29(35-26)34-20-8-11-24(31)25(32)16-20/h6-11,16-18,22,33H,5,12-15H2,1-4H3,(H,34,35). The molecule has 206 valence electrons. The molecule has 9 heteroatoms. The van der Waals surface area contributed by atoms with E-state index in [1.165, 1.54) is 6.07 Å². The minimum absolute atomic E-state index is 0.0423. The van der Waals surface area contributed by atoms with Gasteiger partial charge in [0.05, 0.1) is 6.61 Å². The van der Waals surface area contributed by atoms with Gasteiger partial charge >= 0.3 is 5.97 Å². The average Bonchev–Trinajstić information content (AvgIpc) is 2.94. The van der Waals surface area contributed by atoms with Gasteiger partial charge < -0.3 is 25.1 Å². The van der Waals surface area contributed by atoms with Crippen LogP contribution >= 0.6 is 0 Å². The highest BCUT2D eigenvalue weighted by Crippen LogP contribution is 2.35. The lowest BCUT2D eigenvalue weighted by molar-refractivity contribution is 0.0519. The number of ether oxygens (including phenoxy) is 2. The van der Waals surface area contributed by atoms with Crippen molar-refractivity contribution in [1.29, 1.82) is 5.41 Å². The molecule has 1 aliphatic heterocycles. The predicted octanol–water partition coefficient (Wildman–Crippen LogP) is 6.59. The Morgan fingerprint density at radius 1 is 1.13 bits per heavy atom. The van der Waals surface area contributed by atoms with Crippen LogP contribution in [0.3, 0.4) is 0 Å². The monoisotopic (exact) mass is 536 g/mol. The van der Waals surface area contributed by atoms with Crippen molar-refractivity contribution in [2.24, 2.45) is 5.92 Å². The molecule has 7 nitrogen and oxygen atoms in total. The van der Waals surface area contributed by atoms with E-state index in [9.17, 15) is 13.6 Å². The van der Waals surface area contributed by atoms with Gasteiger partial charge in [-0.25, -0.2) is 18.6 Å². The Morgan fingerprint density at radius 2 is 1.82 bits per heavy atom. The second kappa shape index (κ2) is 12.3. The summed E-state index contributed by atoms with van der Waals surface area (Å²) in [5.41, 5.74) is 3.46. The molecule has 4 rings (SSSR count). The molecule has 0 saturated carbocycles. The summed E-state index contributed by atoms with van der Waals surface area (Å²) < 4.78 is 38.3. The van der Waals surface area contributed by atoms with Gasteiger partial charge in [0, 0.05) is 55.0 Å². The third-order valence-corrected chi connectivity index (χ3v) is 6.86. The number of anilines is 3. The van der Waals surface area contributed by atoms with Crippen LogP contribution in [0.1, 0.15) is 49.7 Å². The summed E-state index contributed by atoms with van der Waals surface area (Å²) in [6, 6.07) is 13.3.